The van der Waals surface area contributed by atoms with E-state index >= 15 is 0 Å². The molecular weight excluding hydrogens is 343 g/mol. The molecule has 3 rings (SSSR count). The molecule has 2 saturated carbocycles. The third-order valence-corrected chi connectivity index (χ3v) is 7.46. The number of alkyl halides is 1. The number of rotatable bonds is 9. The topological polar surface area (TPSA) is 0 Å². The molecule has 28 heavy (non-hydrogen) atoms. The standard InChI is InChI=1S/C27H41F/c1-2-5-22-7-9-24(10-8-22)11-12-25-15-19-27(20-16-25)26-17-13-23(14-18-26)6-3-4-21-28/h3,6-10,23,25-27H,2,4-5,11-21H2,1H3/b6-3+. The highest BCUT2D eigenvalue weighted by molar-refractivity contribution is 5.22. The maximum atomic E-state index is 12.2. The van der Waals surface area contributed by atoms with E-state index in [1.54, 1.807) is 0 Å². The maximum absolute atomic E-state index is 12.2. The van der Waals surface area contributed by atoms with Gasteiger partial charge < -0.3 is 0 Å². The zero-order valence-electron chi connectivity index (χ0n) is 18.1. The van der Waals surface area contributed by atoms with Gasteiger partial charge in [-0.05, 0) is 99.0 Å². The Morgan fingerprint density at radius 1 is 0.821 bits per heavy atom. The highest BCUT2D eigenvalue weighted by atomic mass is 19.1. The Labute approximate surface area is 173 Å². The zero-order valence-corrected chi connectivity index (χ0v) is 18.1. The van der Waals surface area contributed by atoms with Crippen molar-refractivity contribution in [1.29, 1.82) is 0 Å². The molecule has 0 saturated heterocycles. The van der Waals surface area contributed by atoms with E-state index in [4.69, 9.17) is 0 Å². The highest BCUT2D eigenvalue weighted by Crippen LogP contribution is 2.42. The molecule has 0 heterocycles. The zero-order chi connectivity index (χ0) is 19.6. The Kier molecular flexibility index (Phi) is 9.09. The highest BCUT2D eigenvalue weighted by Gasteiger charge is 2.30. The van der Waals surface area contributed by atoms with E-state index in [2.05, 4.69) is 43.3 Å². The van der Waals surface area contributed by atoms with Crippen LogP contribution in [0.4, 0.5) is 4.39 Å². The molecule has 0 aliphatic heterocycles. The predicted octanol–water partition coefficient (Wildman–Crippen LogP) is 8.10. The van der Waals surface area contributed by atoms with Gasteiger partial charge in [-0.3, -0.25) is 4.39 Å². The maximum Gasteiger partial charge on any atom is 0.0928 e. The van der Waals surface area contributed by atoms with Gasteiger partial charge in [0.15, 0.2) is 0 Å². The summed E-state index contributed by atoms with van der Waals surface area (Å²) < 4.78 is 12.2. The van der Waals surface area contributed by atoms with Gasteiger partial charge in [-0.25, -0.2) is 0 Å². The quantitative estimate of drug-likeness (QED) is 0.377. The predicted molar refractivity (Wildman–Crippen MR) is 119 cm³/mol. The van der Waals surface area contributed by atoms with Crippen molar-refractivity contribution in [3.05, 3.63) is 47.5 Å². The number of halogens is 1. The van der Waals surface area contributed by atoms with Crippen LogP contribution < -0.4 is 0 Å². The molecule has 1 aromatic carbocycles. The van der Waals surface area contributed by atoms with Crippen molar-refractivity contribution in [2.24, 2.45) is 23.7 Å². The van der Waals surface area contributed by atoms with Crippen molar-refractivity contribution in [3.8, 4) is 0 Å². The van der Waals surface area contributed by atoms with Crippen LogP contribution in [-0.2, 0) is 12.8 Å². The summed E-state index contributed by atoms with van der Waals surface area (Å²) in [7, 11) is 0. The molecule has 1 aromatic rings. The molecule has 0 amide bonds. The third-order valence-electron chi connectivity index (χ3n) is 7.46. The van der Waals surface area contributed by atoms with Crippen molar-refractivity contribution in [2.45, 2.75) is 90.4 Å². The summed E-state index contributed by atoms with van der Waals surface area (Å²) in [4.78, 5) is 0. The molecule has 1 heteroatoms. The second kappa shape index (κ2) is 11.8. The fourth-order valence-electron chi connectivity index (χ4n) is 5.64. The summed E-state index contributed by atoms with van der Waals surface area (Å²) in [5, 5.41) is 0. The first-order chi connectivity index (χ1) is 13.8. The third kappa shape index (κ3) is 6.75. The molecule has 0 aromatic heterocycles. The smallest absolute Gasteiger partial charge is 0.0928 e. The fraction of sp³-hybridized carbons (Fsp3) is 0.704. The van der Waals surface area contributed by atoms with Crippen LogP contribution in [0, 0.1) is 23.7 Å². The molecule has 0 unspecified atom stereocenters. The van der Waals surface area contributed by atoms with Crippen molar-refractivity contribution >= 4 is 0 Å². The Morgan fingerprint density at radius 3 is 1.96 bits per heavy atom. The Bertz CT molecular complexity index is 556. The van der Waals surface area contributed by atoms with Crippen LogP contribution >= 0.6 is 0 Å². The summed E-state index contributed by atoms with van der Waals surface area (Å²) in [5.41, 5.74) is 3.01. The fourth-order valence-corrected chi connectivity index (χ4v) is 5.64. The molecule has 2 aliphatic carbocycles. The molecule has 0 atom stereocenters. The number of hydrogen-bond acceptors (Lipinski definition) is 0. The van der Waals surface area contributed by atoms with Gasteiger partial charge in [0.1, 0.15) is 0 Å². The monoisotopic (exact) mass is 384 g/mol. The number of hydrogen-bond donors (Lipinski definition) is 0. The lowest BCUT2D eigenvalue weighted by Gasteiger charge is -2.37. The largest absolute Gasteiger partial charge is 0.251 e. The molecule has 2 fully saturated rings. The number of benzene rings is 1. The molecule has 0 N–H and O–H groups in total. The lowest BCUT2D eigenvalue weighted by atomic mass is 9.68. The Hall–Kier alpha value is -1.11. The van der Waals surface area contributed by atoms with E-state index in [-0.39, 0.29) is 6.67 Å². The lowest BCUT2D eigenvalue weighted by Crippen LogP contribution is -2.25. The van der Waals surface area contributed by atoms with Gasteiger partial charge in [-0.1, -0.05) is 62.6 Å². The van der Waals surface area contributed by atoms with Crippen LogP contribution in [0.25, 0.3) is 0 Å². The first-order valence-corrected chi connectivity index (χ1v) is 12.1. The molecule has 156 valence electrons. The van der Waals surface area contributed by atoms with Crippen LogP contribution in [0.1, 0.15) is 88.7 Å². The first-order valence-electron chi connectivity index (χ1n) is 12.1. The SMILES string of the molecule is CCCc1ccc(CCC2CCC(C3CCC(/C=C/CCF)CC3)CC2)cc1. The van der Waals surface area contributed by atoms with Gasteiger partial charge >= 0.3 is 0 Å². The van der Waals surface area contributed by atoms with Crippen molar-refractivity contribution in [1.82, 2.24) is 0 Å². The van der Waals surface area contributed by atoms with Crippen LogP contribution in [0.5, 0.6) is 0 Å². The van der Waals surface area contributed by atoms with E-state index in [1.165, 1.54) is 88.2 Å². The molecule has 0 radical (unpaired) electrons. The van der Waals surface area contributed by atoms with Crippen molar-refractivity contribution < 1.29 is 4.39 Å². The van der Waals surface area contributed by atoms with Crippen LogP contribution in [-0.4, -0.2) is 6.67 Å². The first kappa shape index (κ1) is 21.6. The molecule has 2 aliphatic rings. The van der Waals surface area contributed by atoms with E-state index in [9.17, 15) is 4.39 Å². The Balaban J connectivity index is 1.33. The lowest BCUT2D eigenvalue weighted by molar-refractivity contribution is 0.152. The second-order valence-electron chi connectivity index (χ2n) is 9.47. The van der Waals surface area contributed by atoms with Crippen LogP contribution in [0.3, 0.4) is 0 Å². The summed E-state index contributed by atoms with van der Waals surface area (Å²) in [5.74, 6) is 3.63. The number of aryl methyl sites for hydroxylation is 2. The van der Waals surface area contributed by atoms with Gasteiger partial charge in [0.05, 0.1) is 6.67 Å². The van der Waals surface area contributed by atoms with E-state index in [1.807, 2.05) is 0 Å². The molecule has 0 nitrogen and oxygen atoms in total. The summed E-state index contributed by atoms with van der Waals surface area (Å²) in [6, 6.07) is 9.38. The van der Waals surface area contributed by atoms with Gasteiger partial charge in [0, 0.05) is 0 Å². The summed E-state index contributed by atoms with van der Waals surface area (Å²) >= 11 is 0. The van der Waals surface area contributed by atoms with Gasteiger partial charge in [-0.15, -0.1) is 0 Å². The summed E-state index contributed by atoms with van der Waals surface area (Å²) in [6.07, 6.45) is 21.4. The Morgan fingerprint density at radius 2 is 1.39 bits per heavy atom. The van der Waals surface area contributed by atoms with Crippen molar-refractivity contribution in [2.75, 3.05) is 6.67 Å². The average molecular weight is 385 g/mol. The molecule has 0 spiro atoms. The average Bonchev–Trinajstić information content (AvgIpc) is 2.75. The van der Waals surface area contributed by atoms with E-state index in [0.29, 0.717) is 6.42 Å². The molecular formula is C27H41F. The van der Waals surface area contributed by atoms with Gasteiger partial charge in [-0.2, -0.15) is 0 Å². The van der Waals surface area contributed by atoms with Crippen molar-refractivity contribution in [3.63, 3.8) is 0 Å². The van der Waals surface area contributed by atoms with Gasteiger partial charge in [0.25, 0.3) is 0 Å². The normalized spacial score (nSPS) is 28.6. The second-order valence-corrected chi connectivity index (χ2v) is 9.47. The van der Waals surface area contributed by atoms with Crippen LogP contribution in [0.2, 0.25) is 0 Å². The minimum absolute atomic E-state index is 0.209. The molecule has 0 bridgehead atoms. The summed E-state index contributed by atoms with van der Waals surface area (Å²) in [6.45, 7) is 2.04. The van der Waals surface area contributed by atoms with Gasteiger partial charge in [0.2, 0.25) is 0 Å². The minimum atomic E-state index is -0.209. The number of allylic oxidation sites excluding steroid dienone is 2. The van der Waals surface area contributed by atoms with E-state index in [0.717, 1.165) is 23.7 Å². The van der Waals surface area contributed by atoms with Crippen LogP contribution in [0.15, 0.2) is 36.4 Å². The van der Waals surface area contributed by atoms with E-state index < -0.39 is 0 Å². The minimum Gasteiger partial charge on any atom is -0.251 e.